The zero-order valence-electron chi connectivity index (χ0n) is 12.8. The smallest absolute Gasteiger partial charge is 0.292 e. The molecule has 3 aromatic rings. The lowest BCUT2D eigenvalue weighted by Crippen LogP contribution is -2.24. The summed E-state index contributed by atoms with van der Waals surface area (Å²) >= 11 is 6.22. The van der Waals surface area contributed by atoms with Gasteiger partial charge < -0.3 is 10.4 Å². The van der Waals surface area contributed by atoms with E-state index in [9.17, 15) is 9.90 Å². The number of halogens is 1. The molecule has 1 atom stereocenters. The molecule has 0 aliphatic heterocycles. The second kappa shape index (κ2) is 7.29. The summed E-state index contributed by atoms with van der Waals surface area (Å²) in [5.41, 5.74) is 1.50. The Kier molecular flexibility index (Phi) is 4.93. The number of nitrogens with one attached hydrogen (secondary N) is 1. The quantitative estimate of drug-likeness (QED) is 0.748. The van der Waals surface area contributed by atoms with E-state index in [2.05, 4.69) is 10.4 Å². The first-order valence-corrected chi connectivity index (χ1v) is 7.84. The highest BCUT2D eigenvalue weighted by Crippen LogP contribution is 2.23. The maximum absolute atomic E-state index is 12.5. The zero-order chi connectivity index (χ0) is 16.9. The molecule has 24 heavy (non-hydrogen) atoms. The number of anilines is 1. The van der Waals surface area contributed by atoms with Crippen LogP contribution in [0.5, 0.6) is 0 Å². The molecule has 1 heterocycles. The SMILES string of the molecule is O=c1c(Cl)c(NC(CO)c2ccccc2)cnn1-c1ccccc1. The fourth-order valence-corrected chi connectivity index (χ4v) is 2.58. The first-order valence-electron chi connectivity index (χ1n) is 7.46. The number of hydrogen-bond acceptors (Lipinski definition) is 4. The molecular weight excluding hydrogens is 326 g/mol. The van der Waals surface area contributed by atoms with Crippen molar-refractivity contribution in [2.75, 3.05) is 11.9 Å². The lowest BCUT2D eigenvalue weighted by molar-refractivity contribution is 0.276. The Morgan fingerprint density at radius 1 is 1.08 bits per heavy atom. The van der Waals surface area contributed by atoms with Crippen LogP contribution in [0.3, 0.4) is 0 Å². The largest absolute Gasteiger partial charge is 0.394 e. The molecule has 0 radical (unpaired) electrons. The molecule has 2 N–H and O–H groups in total. The van der Waals surface area contributed by atoms with E-state index in [-0.39, 0.29) is 17.7 Å². The van der Waals surface area contributed by atoms with Gasteiger partial charge in [-0.25, -0.2) is 0 Å². The fraction of sp³-hybridized carbons (Fsp3) is 0.111. The third-order valence-corrected chi connectivity index (χ3v) is 4.00. The van der Waals surface area contributed by atoms with Crippen molar-refractivity contribution in [3.8, 4) is 5.69 Å². The number of para-hydroxylation sites is 1. The number of nitrogens with zero attached hydrogens (tertiary/aromatic N) is 2. The fourth-order valence-electron chi connectivity index (χ4n) is 2.39. The highest BCUT2D eigenvalue weighted by molar-refractivity contribution is 6.33. The summed E-state index contributed by atoms with van der Waals surface area (Å²) in [4.78, 5) is 12.5. The zero-order valence-corrected chi connectivity index (χ0v) is 13.5. The van der Waals surface area contributed by atoms with E-state index in [1.54, 1.807) is 12.1 Å². The Balaban J connectivity index is 1.93. The van der Waals surface area contributed by atoms with Crippen LogP contribution in [0.2, 0.25) is 5.02 Å². The van der Waals surface area contributed by atoms with Crippen LogP contribution in [0, 0.1) is 0 Å². The summed E-state index contributed by atoms with van der Waals surface area (Å²) in [6, 6.07) is 18.1. The highest BCUT2D eigenvalue weighted by atomic mass is 35.5. The molecule has 5 nitrogen and oxygen atoms in total. The molecule has 0 saturated carbocycles. The molecule has 6 heteroatoms. The van der Waals surface area contributed by atoms with E-state index in [1.165, 1.54) is 10.9 Å². The Morgan fingerprint density at radius 3 is 2.33 bits per heavy atom. The van der Waals surface area contributed by atoms with Crippen LogP contribution in [-0.4, -0.2) is 21.5 Å². The Hall–Kier alpha value is -2.63. The molecule has 0 bridgehead atoms. The molecule has 0 saturated heterocycles. The predicted molar refractivity (Wildman–Crippen MR) is 94.7 cm³/mol. The summed E-state index contributed by atoms with van der Waals surface area (Å²) in [5, 5.41) is 16.9. The monoisotopic (exact) mass is 341 g/mol. The van der Waals surface area contributed by atoms with Gasteiger partial charge in [0.05, 0.1) is 30.2 Å². The predicted octanol–water partition coefficient (Wildman–Crippen LogP) is 3.03. The molecule has 0 spiro atoms. The molecule has 3 rings (SSSR count). The van der Waals surface area contributed by atoms with Gasteiger partial charge in [-0.3, -0.25) is 4.79 Å². The summed E-state index contributed by atoms with van der Waals surface area (Å²) in [7, 11) is 0. The van der Waals surface area contributed by atoms with Crippen molar-refractivity contribution in [2.24, 2.45) is 0 Å². The average molecular weight is 342 g/mol. The van der Waals surface area contributed by atoms with Crippen LogP contribution in [0.4, 0.5) is 5.69 Å². The molecular formula is C18H16ClN3O2. The normalized spacial score (nSPS) is 11.9. The summed E-state index contributed by atoms with van der Waals surface area (Å²) in [5.74, 6) is 0. The summed E-state index contributed by atoms with van der Waals surface area (Å²) < 4.78 is 1.24. The van der Waals surface area contributed by atoms with Gasteiger partial charge in [0, 0.05) is 0 Å². The number of aromatic nitrogens is 2. The minimum absolute atomic E-state index is 0.0308. The van der Waals surface area contributed by atoms with E-state index >= 15 is 0 Å². The minimum Gasteiger partial charge on any atom is -0.394 e. The summed E-state index contributed by atoms with van der Waals surface area (Å²) in [6.45, 7) is -0.137. The van der Waals surface area contributed by atoms with Gasteiger partial charge in [-0.2, -0.15) is 9.78 Å². The number of hydrogen-bond donors (Lipinski definition) is 2. The summed E-state index contributed by atoms with van der Waals surface area (Å²) in [6.07, 6.45) is 1.49. The lowest BCUT2D eigenvalue weighted by atomic mass is 10.1. The standard InChI is InChI=1S/C18H16ClN3O2/c19-17-15(21-16(12-23)13-7-3-1-4-8-13)11-20-22(18(17)24)14-9-5-2-6-10-14/h1-11,16,21,23H,12H2. The van der Waals surface area contributed by atoms with Crippen molar-refractivity contribution in [2.45, 2.75) is 6.04 Å². The Morgan fingerprint density at radius 2 is 1.71 bits per heavy atom. The molecule has 1 aromatic heterocycles. The average Bonchev–Trinajstić information content (AvgIpc) is 2.64. The third kappa shape index (κ3) is 3.32. The van der Waals surface area contributed by atoms with Crippen LogP contribution < -0.4 is 10.9 Å². The van der Waals surface area contributed by atoms with Crippen molar-refractivity contribution in [1.29, 1.82) is 0 Å². The van der Waals surface area contributed by atoms with Gasteiger partial charge in [-0.15, -0.1) is 0 Å². The molecule has 2 aromatic carbocycles. The third-order valence-electron chi connectivity index (χ3n) is 3.63. The lowest BCUT2D eigenvalue weighted by Gasteiger charge is -2.19. The second-order valence-corrected chi connectivity index (χ2v) is 5.59. The van der Waals surface area contributed by atoms with E-state index in [0.29, 0.717) is 11.4 Å². The van der Waals surface area contributed by atoms with Crippen molar-refractivity contribution in [3.63, 3.8) is 0 Å². The van der Waals surface area contributed by atoms with Gasteiger partial charge in [0.1, 0.15) is 5.02 Å². The Bertz CT molecular complexity index is 866. The highest BCUT2D eigenvalue weighted by Gasteiger charge is 2.15. The van der Waals surface area contributed by atoms with Crippen molar-refractivity contribution in [1.82, 2.24) is 9.78 Å². The Labute approximate surface area is 144 Å². The molecule has 122 valence electrons. The van der Waals surface area contributed by atoms with Crippen LogP contribution in [-0.2, 0) is 0 Å². The number of aliphatic hydroxyl groups is 1. The van der Waals surface area contributed by atoms with Gasteiger partial charge in [0.2, 0.25) is 0 Å². The molecule has 0 aliphatic carbocycles. The van der Waals surface area contributed by atoms with E-state index < -0.39 is 5.56 Å². The van der Waals surface area contributed by atoms with Gasteiger partial charge in [0.25, 0.3) is 5.56 Å². The first kappa shape index (κ1) is 16.2. The van der Waals surface area contributed by atoms with Crippen LogP contribution in [0.15, 0.2) is 71.7 Å². The van der Waals surface area contributed by atoms with Crippen molar-refractivity contribution >= 4 is 17.3 Å². The van der Waals surface area contributed by atoms with Crippen molar-refractivity contribution < 1.29 is 5.11 Å². The van der Waals surface area contributed by atoms with Gasteiger partial charge in [-0.05, 0) is 17.7 Å². The van der Waals surface area contributed by atoms with E-state index in [1.807, 2.05) is 48.5 Å². The molecule has 0 fully saturated rings. The molecule has 1 unspecified atom stereocenters. The van der Waals surface area contributed by atoms with E-state index in [0.717, 1.165) is 5.56 Å². The van der Waals surface area contributed by atoms with Crippen molar-refractivity contribution in [3.05, 3.63) is 87.8 Å². The first-order chi connectivity index (χ1) is 11.7. The topological polar surface area (TPSA) is 67.2 Å². The number of benzene rings is 2. The van der Waals surface area contributed by atoms with Gasteiger partial charge >= 0.3 is 0 Å². The molecule has 0 aliphatic rings. The van der Waals surface area contributed by atoms with Gasteiger partial charge in [-0.1, -0.05) is 60.1 Å². The second-order valence-electron chi connectivity index (χ2n) is 5.21. The van der Waals surface area contributed by atoms with Crippen LogP contribution in [0.1, 0.15) is 11.6 Å². The number of rotatable bonds is 5. The van der Waals surface area contributed by atoms with Crippen LogP contribution in [0.25, 0.3) is 5.69 Å². The minimum atomic E-state index is -0.419. The van der Waals surface area contributed by atoms with Gasteiger partial charge in [0.15, 0.2) is 0 Å². The maximum Gasteiger partial charge on any atom is 0.292 e. The van der Waals surface area contributed by atoms with E-state index in [4.69, 9.17) is 11.6 Å². The van der Waals surface area contributed by atoms with Crippen LogP contribution >= 0.6 is 11.6 Å². The molecule has 0 amide bonds. The number of aliphatic hydroxyl groups excluding tert-OH is 1. The maximum atomic E-state index is 12.5.